The van der Waals surface area contributed by atoms with Crippen LogP contribution in [-0.4, -0.2) is 78.9 Å². The number of amides is 1. The van der Waals surface area contributed by atoms with Crippen molar-refractivity contribution in [1.82, 2.24) is 14.7 Å². The third-order valence-corrected chi connectivity index (χ3v) is 6.75. The predicted molar refractivity (Wildman–Crippen MR) is 123 cm³/mol. The van der Waals surface area contributed by atoms with E-state index in [1.54, 1.807) is 0 Å². The molecule has 1 N–H and O–H groups in total. The van der Waals surface area contributed by atoms with E-state index in [1.165, 1.54) is 32.1 Å². The van der Waals surface area contributed by atoms with Crippen LogP contribution in [0.2, 0.25) is 0 Å². The zero-order chi connectivity index (χ0) is 20.6. The van der Waals surface area contributed by atoms with Crippen LogP contribution in [0.25, 0.3) is 0 Å². The summed E-state index contributed by atoms with van der Waals surface area (Å²) in [4.78, 5) is 24.6. The minimum atomic E-state index is 0.303. The number of rotatable bonds is 5. The number of aliphatic imine (C=N–C) groups is 1. The summed E-state index contributed by atoms with van der Waals surface area (Å²) in [5, 5.41) is 3.54. The quantitative estimate of drug-likeness (QED) is 0.597. The fraction of sp³-hybridized carbons (Fsp3) is 0.667. The summed E-state index contributed by atoms with van der Waals surface area (Å²) in [6.07, 6.45) is 8.45. The van der Waals surface area contributed by atoms with Crippen LogP contribution in [0.15, 0.2) is 35.3 Å². The molecule has 164 valence electrons. The van der Waals surface area contributed by atoms with Gasteiger partial charge in [0.1, 0.15) is 0 Å². The smallest absolute Gasteiger partial charge is 0.225 e. The number of anilines is 1. The molecule has 6 nitrogen and oxygen atoms in total. The van der Waals surface area contributed by atoms with Gasteiger partial charge in [0.05, 0.1) is 6.54 Å². The van der Waals surface area contributed by atoms with E-state index in [0.717, 1.165) is 76.8 Å². The van der Waals surface area contributed by atoms with Gasteiger partial charge in [0.15, 0.2) is 5.96 Å². The van der Waals surface area contributed by atoms with Crippen LogP contribution in [0.4, 0.5) is 5.69 Å². The lowest BCUT2D eigenvalue weighted by molar-refractivity contribution is -0.137. The maximum absolute atomic E-state index is 12.6. The minimum absolute atomic E-state index is 0.303. The number of likely N-dealkylation sites (tertiary alicyclic amines) is 1. The summed E-state index contributed by atoms with van der Waals surface area (Å²) in [5.74, 6) is 1.72. The molecule has 30 heavy (non-hydrogen) atoms. The van der Waals surface area contributed by atoms with E-state index in [9.17, 15) is 4.79 Å². The monoisotopic (exact) mass is 411 g/mol. The number of piperidine rings is 1. The standard InChI is InChI=1S/C24H37N5O/c30-23(21-9-5-6-10-21)28-19-17-27(18-20-28)16-13-25-24(29-14-7-2-8-15-29)26-22-11-3-1-4-12-22/h1,3-4,11-12,21H,2,5-10,13-20H2,(H,25,26). The van der Waals surface area contributed by atoms with E-state index in [4.69, 9.17) is 4.99 Å². The van der Waals surface area contributed by atoms with Crippen LogP contribution >= 0.6 is 0 Å². The number of benzene rings is 1. The van der Waals surface area contributed by atoms with Crippen molar-refractivity contribution in [2.24, 2.45) is 10.9 Å². The summed E-state index contributed by atoms with van der Waals surface area (Å²) in [6.45, 7) is 7.61. The zero-order valence-electron chi connectivity index (χ0n) is 18.3. The Balaban J connectivity index is 1.27. The zero-order valence-corrected chi connectivity index (χ0v) is 18.3. The van der Waals surface area contributed by atoms with Gasteiger partial charge in [0.25, 0.3) is 0 Å². The van der Waals surface area contributed by atoms with Crippen LogP contribution in [0.5, 0.6) is 0 Å². The van der Waals surface area contributed by atoms with Gasteiger partial charge in [-0.1, -0.05) is 31.0 Å². The molecule has 1 saturated carbocycles. The topological polar surface area (TPSA) is 51.2 Å². The SMILES string of the molecule is O=C(C1CCCC1)N1CCN(CCN=C(Nc2ccccc2)N2CCCCC2)CC1. The third-order valence-electron chi connectivity index (χ3n) is 6.75. The molecule has 2 aliphatic heterocycles. The molecule has 0 aromatic heterocycles. The van der Waals surface area contributed by atoms with Crippen molar-refractivity contribution >= 4 is 17.6 Å². The maximum atomic E-state index is 12.6. The summed E-state index contributed by atoms with van der Waals surface area (Å²) < 4.78 is 0. The van der Waals surface area contributed by atoms with Crippen molar-refractivity contribution in [3.8, 4) is 0 Å². The maximum Gasteiger partial charge on any atom is 0.225 e. The lowest BCUT2D eigenvalue weighted by Gasteiger charge is -2.36. The van der Waals surface area contributed by atoms with Crippen molar-refractivity contribution in [2.75, 3.05) is 57.7 Å². The van der Waals surface area contributed by atoms with Gasteiger partial charge >= 0.3 is 0 Å². The minimum Gasteiger partial charge on any atom is -0.343 e. The Morgan fingerprint density at radius 1 is 0.867 bits per heavy atom. The summed E-state index contributed by atoms with van der Waals surface area (Å²) in [7, 11) is 0. The Labute approximate surface area is 181 Å². The van der Waals surface area contributed by atoms with Gasteiger partial charge in [-0.3, -0.25) is 14.7 Å². The van der Waals surface area contributed by atoms with Crippen molar-refractivity contribution in [1.29, 1.82) is 0 Å². The number of carbonyl (C=O) groups excluding carboxylic acids is 1. The number of nitrogens with zero attached hydrogens (tertiary/aromatic N) is 4. The first-order chi connectivity index (χ1) is 14.8. The Morgan fingerprint density at radius 2 is 1.57 bits per heavy atom. The first-order valence-electron chi connectivity index (χ1n) is 11.9. The van der Waals surface area contributed by atoms with Gasteiger partial charge in [0, 0.05) is 57.4 Å². The summed E-state index contributed by atoms with van der Waals surface area (Å²) in [5.41, 5.74) is 1.10. The van der Waals surface area contributed by atoms with E-state index in [2.05, 4.69) is 44.3 Å². The number of carbonyl (C=O) groups is 1. The van der Waals surface area contributed by atoms with Crippen molar-refractivity contribution in [2.45, 2.75) is 44.9 Å². The Bertz CT molecular complexity index is 687. The van der Waals surface area contributed by atoms with Crippen LogP contribution in [0.1, 0.15) is 44.9 Å². The Kier molecular flexibility index (Phi) is 7.62. The van der Waals surface area contributed by atoms with E-state index >= 15 is 0 Å². The van der Waals surface area contributed by atoms with Crippen LogP contribution in [0, 0.1) is 5.92 Å². The lowest BCUT2D eigenvalue weighted by Crippen LogP contribution is -2.50. The Hall–Kier alpha value is -2.08. The molecular weight excluding hydrogens is 374 g/mol. The molecule has 2 heterocycles. The van der Waals surface area contributed by atoms with Crippen LogP contribution in [-0.2, 0) is 4.79 Å². The van der Waals surface area contributed by atoms with E-state index in [0.29, 0.717) is 11.8 Å². The van der Waals surface area contributed by atoms with Crippen molar-refractivity contribution < 1.29 is 4.79 Å². The molecule has 0 spiro atoms. The number of guanidine groups is 1. The lowest BCUT2D eigenvalue weighted by atomic mass is 10.1. The normalized spacial score (nSPS) is 21.8. The number of hydrogen-bond acceptors (Lipinski definition) is 3. The molecule has 0 atom stereocenters. The molecule has 1 aromatic rings. The molecule has 2 saturated heterocycles. The molecule has 0 radical (unpaired) electrons. The highest BCUT2D eigenvalue weighted by Crippen LogP contribution is 2.26. The van der Waals surface area contributed by atoms with E-state index in [-0.39, 0.29) is 0 Å². The van der Waals surface area contributed by atoms with E-state index < -0.39 is 0 Å². The average Bonchev–Trinajstić information content (AvgIpc) is 3.35. The van der Waals surface area contributed by atoms with Gasteiger partial charge in [-0.05, 0) is 44.2 Å². The Morgan fingerprint density at radius 3 is 2.27 bits per heavy atom. The van der Waals surface area contributed by atoms with Crippen molar-refractivity contribution in [3.05, 3.63) is 30.3 Å². The molecule has 1 amide bonds. The molecule has 0 bridgehead atoms. The molecule has 4 rings (SSSR count). The summed E-state index contributed by atoms with van der Waals surface area (Å²) >= 11 is 0. The van der Waals surface area contributed by atoms with Gasteiger partial charge in [-0.2, -0.15) is 0 Å². The van der Waals surface area contributed by atoms with Crippen LogP contribution < -0.4 is 5.32 Å². The van der Waals surface area contributed by atoms with Gasteiger partial charge < -0.3 is 15.1 Å². The molecule has 6 heteroatoms. The molecule has 1 aromatic carbocycles. The highest BCUT2D eigenvalue weighted by atomic mass is 16.2. The van der Waals surface area contributed by atoms with Gasteiger partial charge in [-0.25, -0.2) is 0 Å². The number of para-hydroxylation sites is 1. The molecule has 3 fully saturated rings. The third kappa shape index (κ3) is 5.75. The molecule has 1 aliphatic carbocycles. The first-order valence-corrected chi connectivity index (χ1v) is 11.9. The molecular formula is C24H37N5O. The molecule has 3 aliphatic rings. The van der Waals surface area contributed by atoms with Gasteiger partial charge in [-0.15, -0.1) is 0 Å². The largest absolute Gasteiger partial charge is 0.343 e. The van der Waals surface area contributed by atoms with E-state index in [1.807, 2.05) is 6.07 Å². The number of piperazine rings is 1. The fourth-order valence-electron chi connectivity index (χ4n) is 4.90. The van der Waals surface area contributed by atoms with Gasteiger partial charge in [0.2, 0.25) is 5.91 Å². The fourth-order valence-corrected chi connectivity index (χ4v) is 4.90. The average molecular weight is 412 g/mol. The second-order valence-electron chi connectivity index (χ2n) is 8.89. The number of nitrogens with one attached hydrogen (secondary N) is 1. The first kappa shape index (κ1) is 21.2. The highest BCUT2D eigenvalue weighted by molar-refractivity contribution is 5.93. The summed E-state index contributed by atoms with van der Waals surface area (Å²) in [6, 6.07) is 10.4. The van der Waals surface area contributed by atoms with Crippen molar-refractivity contribution in [3.63, 3.8) is 0 Å². The second-order valence-corrected chi connectivity index (χ2v) is 8.89. The van der Waals surface area contributed by atoms with Crippen LogP contribution in [0.3, 0.4) is 0 Å². The number of hydrogen-bond donors (Lipinski definition) is 1. The highest BCUT2D eigenvalue weighted by Gasteiger charge is 2.29. The predicted octanol–water partition coefficient (Wildman–Crippen LogP) is 3.27. The molecule has 0 unspecified atom stereocenters. The second kappa shape index (κ2) is 10.8.